The minimum atomic E-state index is -0.204. The van der Waals surface area contributed by atoms with Crippen LogP contribution in [0.1, 0.15) is 56.3 Å². The lowest BCUT2D eigenvalue weighted by Crippen LogP contribution is -2.42. The zero-order valence-corrected chi connectivity index (χ0v) is 19.6. The van der Waals surface area contributed by atoms with Crippen molar-refractivity contribution < 1.29 is 9.53 Å². The summed E-state index contributed by atoms with van der Waals surface area (Å²) in [6.07, 6.45) is 5.27. The van der Waals surface area contributed by atoms with Crippen LogP contribution in [0, 0.1) is 0 Å². The summed E-state index contributed by atoms with van der Waals surface area (Å²) in [4.78, 5) is 18.8. The Morgan fingerprint density at radius 1 is 1.12 bits per heavy atom. The van der Waals surface area contributed by atoms with Gasteiger partial charge in [-0.25, -0.2) is 9.78 Å². The Kier molecular flexibility index (Phi) is 6.11. The predicted molar refractivity (Wildman–Crippen MR) is 134 cm³/mol. The maximum Gasteiger partial charge on any atom is 0.319 e. The molecule has 2 aliphatic rings. The van der Waals surface area contributed by atoms with E-state index in [1.807, 2.05) is 50.2 Å². The first-order chi connectivity index (χ1) is 16.5. The van der Waals surface area contributed by atoms with Gasteiger partial charge in [-0.15, -0.1) is 0 Å². The van der Waals surface area contributed by atoms with Crippen molar-refractivity contribution in [1.29, 1.82) is 0 Å². The lowest BCUT2D eigenvalue weighted by Gasteiger charge is -2.41. The minimum Gasteiger partial charge on any atom is -0.439 e. The van der Waals surface area contributed by atoms with Gasteiger partial charge in [0.15, 0.2) is 0 Å². The van der Waals surface area contributed by atoms with Crippen LogP contribution in [-0.4, -0.2) is 23.1 Å². The summed E-state index contributed by atoms with van der Waals surface area (Å²) in [6.45, 7) is 3.87. The first-order valence-corrected chi connectivity index (χ1v) is 11.9. The van der Waals surface area contributed by atoms with Gasteiger partial charge in [-0.05, 0) is 68.5 Å². The van der Waals surface area contributed by atoms with Gasteiger partial charge in [0.05, 0.1) is 12.1 Å². The number of amides is 2. The molecule has 2 unspecified atom stereocenters. The maximum absolute atomic E-state index is 12.0. The van der Waals surface area contributed by atoms with Crippen LogP contribution in [0.15, 0.2) is 66.9 Å². The molecule has 7 heteroatoms. The molecule has 2 aromatic carbocycles. The largest absolute Gasteiger partial charge is 0.439 e. The fourth-order valence-corrected chi connectivity index (χ4v) is 4.76. The SMILES string of the molecule is CC(C)NC(=O)Nc1ccc(C2C(N)c3ccc(Oc4ccccn4)cc3N2C2CCC2)cc1. The molecule has 176 valence electrons. The molecule has 1 aliphatic heterocycles. The summed E-state index contributed by atoms with van der Waals surface area (Å²) in [5.74, 6) is 1.33. The number of ether oxygens (including phenoxy) is 1. The molecule has 1 fully saturated rings. The normalized spacial score (nSPS) is 19.5. The number of rotatable bonds is 6. The van der Waals surface area contributed by atoms with E-state index in [4.69, 9.17) is 10.5 Å². The van der Waals surface area contributed by atoms with E-state index >= 15 is 0 Å². The van der Waals surface area contributed by atoms with E-state index in [1.165, 1.54) is 6.42 Å². The second kappa shape index (κ2) is 9.35. The van der Waals surface area contributed by atoms with Gasteiger partial charge in [0.1, 0.15) is 5.75 Å². The van der Waals surface area contributed by atoms with Crippen molar-refractivity contribution in [1.82, 2.24) is 10.3 Å². The molecule has 5 rings (SSSR count). The fourth-order valence-electron chi connectivity index (χ4n) is 4.76. The Morgan fingerprint density at radius 2 is 1.91 bits per heavy atom. The molecule has 2 amide bonds. The Morgan fingerprint density at radius 3 is 2.56 bits per heavy atom. The van der Waals surface area contributed by atoms with E-state index in [9.17, 15) is 4.79 Å². The second-order valence-corrected chi connectivity index (χ2v) is 9.33. The lowest BCUT2D eigenvalue weighted by atomic mass is 9.89. The zero-order chi connectivity index (χ0) is 23.7. The molecule has 4 N–H and O–H groups in total. The van der Waals surface area contributed by atoms with E-state index in [0.29, 0.717) is 11.9 Å². The Balaban J connectivity index is 1.41. The summed E-state index contributed by atoms with van der Waals surface area (Å²) < 4.78 is 6.01. The highest BCUT2D eigenvalue weighted by molar-refractivity contribution is 5.89. The maximum atomic E-state index is 12.0. The molecule has 0 saturated heterocycles. The standard InChI is InChI=1S/C27H31N5O2/c1-17(2)30-27(33)31-19-11-9-18(10-12-19)26-25(28)22-14-13-21(34-24-8-3-4-15-29-24)16-23(22)32(26)20-6-5-7-20/h3-4,8-17,20,25-26H,5-7,28H2,1-2H3,(H2,30,31,33). The van der Waals surface area contributed by atoms with Crippen LogP contribution >= 0.6 is 0 Å². The number of nitrogens with two attached hydrogens (primary N) is 1. The van der Waals surface area contributed by atoms with Crippen molar-refractivity contribution in [3.8, 4) is 11.6 Å². The Labute approximate surface area is 200 Å². The van der Waals surface area contributed by atoms with Crippen LogP contribution in [0.5, 0.6) is 11.6 Å². The van der Waals surface area contributed by atoms with Crippen molar-refractivity contribution >= 4 is 17.4 Å². The van der Waals surface area contributed by atoms with Gasteiger partial charge in [0.25, 0.3) is 0 Å². The molecule has 1 aromatic heterocycles. The smallest absolute Gasteiger partial charge is 0.319 e. The zero-order valence-electron chi connectivity index (χ0n) is 19.6. The van der Waals surface area contributed by atoms with Crippen molar-refractivity contribution in [2.45, 2.75) is 57.3 Å². The third kappa shape index (κ3) is 4.43. The van der Waals surface area contributed by atoms with E-state index in [2.05, 4.69) is 44.8 Å². The average molecular weight is 458 g/mol. The quantitative estimate of drug-likeness (QED) is 0.453. The van der Waals surface area contributed by atoms with Crippen LogP contribution in [0.3, 0.4) is 0 Å². The summed E-state index contributed by atoms with van der Waals surface area (Å²) in [7, 11) is 0. The van der Waals surface area contributed by atoms with Crippen molar-refractivity contribution in [2.24, 2.45) is 5.73 Å². The molecule has 0 radical (unpaired) electrons. The average Bonchev–Trinajstić information content (AvgIpc) is 3.05. The summed E-state index contributed by atoms with van der Waals surface area (Å²) in [5.41, 5.74) is 11.0. The Bertz CT molecular complexity index is 1150. The number of urea groups is 1. The second-order valence-electron chi connectivity index (χ2n) is 9.33. The molecule has 1 saturated carbocycles. The highest BCUT2D eigenvalue weighted by atomic mass is 16.5. The predicted octanol–water partition coefficient (Wildman–Crippen LogP) is 5.52. The van der Waals surface area contributed by atoms with Gasteiger partial charge in [-0.3, -0.25) is 0 Å². The van der Waals surface area contributed by atoms with Crippen LogP contribution in [0.25, 0.3) is 0 Å². The molecule has 2 atom stereocenters. The minimum absolute atomic E-state index is 0.0314. The summed E-state index contributed by atoms with van der Waals surface area (Å²) in [5, 5.41) is 5.73. The van der Waals surface area contributed by atoms with Gasteiger partial charge in [0.2, 0.25) is 5.88 Å². The number of carbonyl (C=O) groups is 1. The number of fused-ring (bicyclic) bond motifs is 1. The molecule has 0 bridgehead atoms. The first kappa shape index (κ1) is 22.2. The van der Waals surface area contributed by atoms with Gasteiger partial charge in [-0.1, -0.05) is 24.3 Å². The van der Waals surface area contributed by atoms with Gasteiger partial charge < -0.3 is 26.0 Å². The first-order valence-electron chi connectivity index (χ1n) is 11.9. The Hall–Kier alpha value is -3.58. The molecule has 34 heavy (non-hydrogen) atoms. The van der Waals surface area contributed by atoms with Crippen LogP contribution in [-0.2, 0) is 0 Å². The van der Waals surface area contributed by atoms with Crippen LogP contribution in [0.4, 0.5) is 16.2 Å². The van der Waals surface area contributed by atoms with Crippen molar-refractivity contribution in [3.05, 3.63) is 78.0 Å². The monoisotopic (exact) mass is 457 g/mol. The van der Waals surface area contributed by atoms with Crippen LogP contribution in [0.2, 0.25) is 0 Å². The number of hydrogen-bond acceptors (Lipinski definition) is 5. The number of benzene rings is 2. The van der Waals surface area contributed by atoms with Crippen molar-refractivity contribution in [3.63, 3.8) is 0 Å². The fraction of sp³-hybridized carbons (Fsp3) is 0.333. The number of aromatic nitrogens is 1. The van der Waals surface area contributed by atoms with E-state index in [0.717, 1.165) is 41.1 Å². The van der Waals surface area contributed by atoms with E-state index < -0.39 is 0 Å². The van der Waals surface area contributed by atoms with E-state index in [-0.39, 0.29) is 24.2 Å². The molecule has 1 aliphatic carbocycles. The third-order valence-electron chi connectivity index (χ3n) is 6.54. The van der Waals surface area contributed by atoms with Crippen LogP contribution < -0.4 is 26.0 Å². The molecule has 0 spiro atoms. The molecule has 3 aromatic rings. The number of pyridine rings is 1. The van der Waals surface area contributed by atoms with E-state index in [1.54, 1.807) is 6.20 Å². The molecular weight excluding hydrogens is 426 g/mol. The third-order valence-corrected chi connectivity index (χ3v) is 6.54. The lowest BCUT2D eigenvalue weighted by molar-refractivity contribution is 0.250. The molecular formula is C27H31N5O2. The highest BCUT2D eigenvalue weighted by Crippen LogP contribution is 2.51. The number of anilines is 2. The number of hydrogen-bond donors (Lipinski definition) is 3. The van der Waals surface area contributed by atoms with Gasteiger partial charge >= 0.3 is 6.03 Å². The van der Waals surface area contributed by atoms with Gasteiger partial charge in [0, 0.05) is 41.8 Å². The van der Waals surface area contributed by atoms with Gasteiger partial charge in [-0.2, -0.15) is 0 Å². The molecule has 2 heterocycles. The number of carbonyl (C=O) groups excluding carboxylic acids is 1. The highest BCUT2D eigenvalue weighted by Gasteiger charge is 2.42. The topological polar surface area (TPSA) is 92.5 Å². The summed E-state index contributed by atoms with van der Waals surface area (Å²) in [6, 6.07) is 20.0. The summed E-state index contributed by atoms with van der Waals surface area (Å²) >= 11 is 0. The molecule has 7 nitrogen and oxygen atoms in total. The number of nitrogens with zero attached hydrogens (tertiary/aromatic N) is 2. The number of nitrogens with one attached hydrogen (secondary N) is 2. The van der Waals surface area contributed by atoms with Crippen molar-refractivity contribution in [2.75, 3.05) is 10.2 Å².